The van der Waals surface area contributed by atoms with Crippen LogP contribution in [0.15, 0.2) is 17.4 Å². The zero-order valence-corrected chi connectivity index (χ0v) is 7.29. The van der Waals surface area contributed by atoms with E-state index in [1.807, 2.05) is 0 Å². The summed E-state index contributed by atoms with van der Waals surface area (Å²) in [4.78, 5) is 7.58. The Morgan fingerprint density at radius 2 is 2.43 bits per heavy atom. The summed E-state index contributed by atoms with van der Waals surface area (Å²) < 4.78 is 4.93. The fourth-order valence-corrected chi connectivity index (χ4v) is 0.741. The minimum absolute atomic E-state index is 0.0724. The molecule has 14 heavy (non-hydrogen) atoms. The number of nitrogens with two attached hydrogens (primary N) is 1. The number of aromatic nitrogens is 2. The maximum atomic E-state index is 8.48. The molecule has 0 unspecified atom stereocenters. The molecule has 7 heteroatoms. The molecule has 0 aliphatic carbocycles. The van der Waals surface area contributed by atoms with Crippen LogP contribution < -0.4 is 10.5 Å². The predicted molar refractivity (Wildman–Crippen MR) is 47.1 cm³/mol. The topological polar surface area (TPSA) is 114 Å². The highest BCUT2D eigenvalue weighted by atomic mass is 16.5. The molecule has 0 bridgehead atoms. The van der Waals surface area contributed by atoms with Crippen molar-refractivity contribution in [1.82, 2.24) is 9.97 Å². The molecule has 0 spiro atoms. The Morgan fingerprint density at radius 1 is 1.64 bits per heavy atom. The second-order valence-electron chi connectivity index (χ2n) is 2.28. The number of aliphatic hydroxyl groups excluding tert-OH is 1. The Bertz CT molecular complexity index is 328. The summed E-state index contributed by atoms with van der Waals surface area (Å²) in [5.41, 5.74) is 5.56. The average Bonchev–Trinajstić information content (AvgIpc) is 2.25. The highest BCUT2D eigenvalue weighted by Gasteiger charge is 2.03. The molecule has 1 heterocycles. The van der Waals surface area contributed by atoms with Gasteiger partial charge in [0.2, 0.25) is 0 Å². The van der Waals surface area contributed by atoms with E-state index in [4.69, 9.17) is 20.8 Å². The molecule has 0 atom stereocenters. The minimum atomic E-state index is -0.128. The number of hydrogen-bond acceptors (Lipinski definition) is 6. The van der Waals surface area contributed by atoms with Gasteiger partial charge in [-0.1, -0.05) is 5.16 Å². The van der Waals surface area contributed by atoms with Gasteiger partial charge in [0.05, 0.1) is 6.61 Å². The third-order valence-corrected chi connectivity index (χ3v) is 1.33. The van der Waals surface area contributed by atoms with Crippen molar-refractivity contribution in [3.05, 3.63) is 18.0 Å². The molecule has 1 aromatic rings. The van der Waals surface area contributed by atoms with Gasteiger partial charge < -0.3 is 20.8 Å². The maximum Gasteiger partial charge on any atom is 0.317 e. The first-order valence-corrected chi connectivity index (χ1v) is 3.82. The van der Waals surface area contributed by atoms with Crippen LogP contribution in [-0.4, -0.2) is 39.3 Å². The van der Waals surface area contributed by atoms with Gasteiger partial charge in [0.1, 0.15) is 12.3 Å². The first-order valence-electron chi connectivity index (χ1n) is 3.82. The Morgan fingerprint density at radius 3 is 3.07 bits per heavy atom. The summed E-state index contributed by atoms with van der Waals surface area (Å²) in [6.45, 7) is -0.0310. The lowest BCUT2D eigenvalue weighted by Crippen LogP contribution is -2.16. The largest absolute Gasteiger partial charge is 0.461 e. The van der Waals surface area contributed by atoms with Crippen LogP contribution >= 0.6 is 0 Å². The number of nitrogens with zero attached hydrogens (tertiary/aromatic N) is 3. The fraction of sp³-hybridized carbons (Fsp3) is 0.286. The van der Waals surface area contributed by atoms with E-state index in [2.05, 4.69) is 15.1 Å². The zero-order valence-electron chi connectivity index (χ0n) is 7.29. The van der Waals surface area contributed by atoms with Gasteiger partial charge in [0.15, 0.2) is 5.84 Å². The molecule has 0 saturated heterocycles. The van der Waals surface area contributed by atoms with Crippen LogP contribution in [0.25, 0.3) is 0 Å². The van der Waals surface area contributed by atoms with E-state index in [-0.39, 0.29) is 30.8 Å². The highest BCUT2D eigenvalue weighted by Crippen LogP contribution is 2.02. The molecule has 0 saturated carbocycles. The Kier molecular flexibility index (Phi) is 3.62. The molecule has 76 valence electrons. The fourth-order valence-electron chi connectivity index (χ4n) is 0.741. The Labute approximate surface area is 79.9 Å². The van der Waals surface area contributed by atoms with E-state index in [0.29, 0.717) is 0 Å². The lowest BCUT2D eigenvalue weighted by atomic mass is 10.4. The molecule has 1 rings (SSSR count). The molecule has 0 aliphatic rings. The highest BCUT2D eigenvalue weighted by molar-refractivity contribution is 5.95. The first-order chi connectivity index (χ1) is 6.77. The maximum absolute atomic E-state index is 8.48. The van der Waals surface area contributed by atoms with Gasteiger partial charge >= 0.3 is 6.01 Å². The van der Waals surface area contributed by atoms with Crippen molar-refractivity contribution in [2.75, 3.05) is 13.2 Å². The van der Waals surface area contributed by atoms with Gasteiger partial charge in [0, 0.05) is 6.20 Å². The molecule has 7 nitrogen and oxygen atoms in total. The van der Waals surface area contributed by atoms with Crippen molar-refractivity contribution in [2.24, 2.45) is 10.9 Å². The molecule has 0 radical (unpaired) electrons. The van der Waals surface area contributed by atoms with E-state index in [0.717, 1.165) is 0 Å². The van der Waals surface area contributed by atoms with Crippen molar-refractivity contribution in [1.29, 1.82) is 0 Å². The van der Waals surface area contributed by atoms with E-state index < -0.39 is 0 Å². The van der Waals surface area contributed by atoms with E-state index >= 15 is 0 Å². The normalized spacial score (nSPS) is 11.4. The summed E-state index contributed by atoms with van der Waals surface area (Å²) in [6.07, 6.45) is 1.41. The average molecular weight is 198 g/mol. The number of oxime groups is 1. The standard InChI is InChI=1S/C7H10N4O3/c8-6(11-13)5-1-2-9-7(10-5)14-4-3-12/h1-2,12-13H,3-4H2,(H2,8,11). The molecule has 0 aromatic carbocycles. The number of amidine groups is 1. The van der Waals surface area contributed by atoms with Crippen molar-refractivity contribution < 1.29 is 15.1 Å². The van der Waals surface area contributed by atoms with E-state index in [9.17, 15) is 0 Å². The quantitative estimate of drug-likeness (QED) is 0.246. The molecular formula is C7H10N4O3. The van der Waals surface area contributed by atoms with Crippen LogP contribution in [-0.2, 0) is 0 Å². The lowest BCUT2D eigenvalue weighted by molar-refractivity contribution is 0.191. The van der Waals surface area contributed by atoms with Crippen LogP contribution in [0, 0.1) is 0 Å². The molecule has 0 fully saturated rings. The molecule has 0 aliphatic heterocycles. The van der Waals surface area contributed by atoms with Gasteiger partial charge in [-0.3, -0.25) is 0 Å². The van der Waals surface area contributed by atoms with Gasteiger partial charge in [0.25, 0.3) is 0 Å². The summed E-state index contributed by atoms with van der Waals surface area (Å²) in [7, 11) is 0. The number of rotatable bonds is 4. The third kappa shape index (κ3) is 2.56. The van der Waals surface area contributed by atoms with Crippen molar-refractivity contribution in [3.8, 4) is 6.01 Å². The van der Waals surface area contributed by atoms with Crippen molar-refractivity contribution >= 4 is 5.84 Å². The van der Waals surface area contributed by atoms with Gasteiger partial charge in [-0.2, -0.15) is 4.98 Å². The Hall–Kier alpha value is -1.89. The van der Waals surface area contributed by atoms with Crippen molar-refractivity contribution in [3.63, 3.8) is 0 Å². The minimum Gasteiger partial charge on any atom is -0.461 e. The van der Waals surface area contributed by atoms with Crippen LogP contribution in [0.1, 0.15) is 5.69 Å². The third-order valence-electron chi connectivity index (χ3n) is 1.33. The molecular weight excluding hydrogens is 188 g/mol. The number of hydrogen-bond donors (Lipinski definition) is 3. The number of ether oxygens (including phenoxy) is 1. The van der Waals surface area contributed by atoms with E-state index in [1.54, 1.807) is 0 Å². The SMILES string of the molecule is N/C(=N/O)c1ccnc(OCCO)n1. The second kappa shape index (κ2) is 4.97. The summed E-state index contributed by atoms with van der Waals surface area (Å²) in [5, 5.41) is 19.6. The summed E-state index contributed by atoms with van der Waals surface area (Å²) in [5.74, 6) is -0.124. The summed E-state index contributed by atoms with van der Waals surface area (Å²) >= 11 is 0. The molecule has 0 amide bonds. The monoisotopic (exact) mass is 198 g/mol. The van der Waals surface area contributed by atoms with Crippen LogP contribution in [0.4, 0.5) is 0 Å². The number of aliphatic hydroxyl groups is 1. The smallest absolute Gasteiger partial charge is 0.317 e. The molecule has 4 N–H and O–H groups in total. The zero-order chi connectivity index (χ0) is 10.4. The lowest BCUT2D eigenvalue weighted by Gasteiger charge is -2.02. The second-order valence-corrected chi connectivity index (χ2v) is 2.28. The molecule has 1 aromatic heterocycles. The van der Waals surface area contributed by atoms with Crippen LogP contribution in [0.2, 0.25) is 0 Å². The van der Waals surface area contributed by atoms with Crippen molar-refractivity contribution in [2.45, 2.75) is 0 Å². The summed E-state index contributed by atoms with van der Waals surface area (Å²) in [6, 6.07) is 1.55. The van der Waals surface area contributed by atoms with Crippen LogP contribution in [0.3, 0.4) is 0 Å². The van der Waals surface area contributed by atoms with E-state index in [1.165, 1.54) is 12.3 Å². The van der Waals surface area contributed by atoms with Gasteiger partial charge in [-0.05, 0) is 6.07 Å². The van der Waals surface area contributed by atoms with Gasteiger partial charge in [-0.25, -0.2) is 4.98 Å². The Balaban J connectivity index is 2.79. The van der Waals surface area contributed by atoms with Gasteiger partial charge in [-0.15, -0.1) is 0 Å². The first kappa shape index (κ1) is 10.2. The van der Waals surface area contributed by atoms with Crippen LogP contribution in [0.5, 0.6) is 6.01 Å². The predicted octanol–water partition coefficient (Wildman–Crippen LogP) is -1.06.